The number of rotatable bonds is 1. The van der Waals surface area contributed by atoms with Gasteiger partial charge in [-0.05, 0) is 35.0 Å². The Kier molecular flexibility index (Phi) is 2.01. The van der Waals surface area contributed by atoms with E-state index in [4.69, 9.17) is 5.84 Å². The number of hydrogen-bond donors (Lipinski definition) is 2. The Hall–Kier alpha value is -1.00. The molecule has 0 radical (unpaired) electrons. The average Bonchev–Trinajstić information content (AvgIpc) is 2.41. The number of nitrogens with zero attached hydrogens (tertiary/aromatic N) is 1. The van der Waals surface area contributed by atoms with Crippen LogP contribution in [0.15, 0.2) is 28.9 Å². The van der Waals surface area contributed by atoms with Gasteiger partial charge in [0.25, 0.3) is 0 Å². The molecule has 3 N–H and O–H groups in total. The van der Waals surface area contributed by atoms with Crippen LogP contribution in [-0.4, -0.2) is 4.40 Å². The van der Waals surface area contributed by atoms with Crippen LogP contribution >= 0.6 is 15.9 Å². The Morgan fingerprint density at radius 1 is 1.46 bits per heavy atom. The number of hydrogen-bond acceptors (Lipinski definition) is 2. The van der Waals surface area contributed by atoms with E-state index in [0.717, 1.165) is 21.4 Å². The Bertz CT molecular complexity index is 447. The van der Waals surface area contributed by atoms with Crippen LogP contribution in [0.4, 0.5) is 5.82 Å². The van der Waals surface area contributed by atoms with Crippen molar-refractivity contribution in [2.75, 3.05) is 5.43 Å². The number of pyridine rings is 1. The number of nitrogens with one attached hydrogen (secondary N) is 1. The summed E-state index contributed by atoms with van der Waals surface area (Å²) in [6.07, 6.45) is 1.97. The number of nitrogens with two attached hydrogens (primary N) is 1. The zero-order valence-corrected chi connectivity index (χ0v) is 8.80. The van der Waals surface area contributed by atoms with Crippen molar-refractivity contribution < 1.29 is 0 Å². The van der Waals surface area contributed by atoms with Crippen molar-refractivity contribution >= 4 is 27.3 Å². The molecule has 0 fully saturated rings. The molecular weight excluding hydrogens is 230 g/mol. The summed E-state index contributed by atoms with van der Waals surface area (Å²) in [7, 11) is 0. The summed E-state index contributed by atoms with van der Waals surface area (Å²) in [5.74, 6) is 6.36. The van der Waals surface area contributed by atoms with E-state index >= 15 is 0 Å². The van der Waals surface area contributed by atoms with Crippen LogP contribution in [0.2, 0.25) is 0 Å². The van der Waals surface area contributed by atoms with Gasteiger partial charge in [-0.1, -0.05) is 6.07 Å². The van der Waals surface area contributed by atoms with Crippen LogP contribution < -0.4 is 11.3 Å². The molecule has 0 bridgehead atoms. The molecule has 4 heteroatoms. The van der Waals surface area contributed by atoms with Crippen LogP contribution in [0.3, 0.4) is 0 Å². The van der Waals surface area contributed by atoms with E-state index in [2.05, 4.69) is 21.4 Å². The van der Waals surface area contributed by atoms with E-state index in [1.165, 1.54) is 0 Å². The number of fused-ring (bicyclic) bond motifs is 1. The van der Waals surface area contributed by atoms with Gasteiger partial charge in [0.2, 0.25) is 0 Å². The predicted molar refractivity (Wildman–Crippen MR) is 57.6 cm³/mol. The molecule has 0 aliphatic rings. The van der Waals surface area contributed by atoms with Gasteiger partial charge in [-0.3, -0.25) is 0 Å². The second kappa shape index (κ2) is 3.05. The second-order valence-electron chi connectivity index (χ2n) is 2.89. The highest BCUT2D eigenvalue weighted by Gasteiger charge is 2.10. The third kappa shape index (κ3) is 1.14. The molecule has 0 aromatic carbocycles. The molecule has 0 saturated carbocycles. The van der Waals surface area contributed by atoms with Gasteiger partial charge in [0.1, 0.15) is 5.82 Å². The van der Waals surface area contributed by atoms with Crippen molar-refractivity contribution in [3.8, 4) is 0 Å². The summed E-state index contributed by atoms with van der Waals surface area (Å²) >= 11 is 3.53. The predicted octanol–water partition coefficient (Wildman–Crippen LogP) is 2.30. The van der Waals surface area contributed by atoms with Crippen molar-refractivity contribution in [3.05, 3.63) is 34.4 Å². The summed E-state index contributed by atoms with van der Waals surface area (Å²) in [5.41, 5.74) is 4.93. The van der Waals surface area contributed by atoms with Gasteiger partial charge in [-0.2, -0.15) is 0 Å². The third-order valence-corrected chi connectivity index (χ3v) is 3.15. The van der Waals surface area contributed by atoms with Crippen LogP contribution in [0.5, 0.6) is 0 Å². The summed E-state index contributed by atoms with van der Waals surface area (Å²) in [6, 6.07) is 6.01. The van der Waals surface area contributed by atoms with E-state index in [1.54, 1.807) is 0 Å². The van der Waals surface area contributed by atoms with Gasteiger partial charge >= 0.3 is 0 Å². The smallest absolute Gasteiger partial charge is 0.128 e. The number of nitrogen functional groups attached to an aromatic ring is 1. The standard InChI is InChI=1S/C9H10BrN3/c1-6-8(10)7-4-2-3-5-13(7)9(6)12-11/h2-5,12H,11H2,1H3. The molecule has 2 rings (SSSR count). The van der Waals surface area contributed by atoms with Crippen LogP contribution in [0.25, 0.3) is 5.52 Å². The lowest BCUT2D eigenvalue weighted by atomic mass is 10.3. The van der Waals surface area contributed by atoms with Crippen LogP contribution in [-0.2, 0) is 0 Å². The van der Waals surface area contributed by atoms with Crippen molar-refractivity contribution in [1.82, 2.24) is 4.40 Å². The van der Waals surface area contributed by atoms with Crippen molar-refractivity contribution in [3.63, 3.8) is 0 Å². The number of hydrazine groups is 1. The maximum absolute atomic E-state index is 5.44. The molecular formula is C9H10BrN3. The topological polar surface area (TPSA) is 42.5 Å². The molecule has 13 heavy (non-hydrogen) atoms. The van der Waals surface area contributed by atoms with E-state index in [9.17, 15) is 0 Å². The highest BCUT2D eigenvalue weighted by Crippen LogP contribution is 2.30. The number of aromatic nitrogens is 1. The lowest BCUT2D eigenvalue weighted by Gasteiger charge is -2.01. The fraction of sp³-hybridized carbons (Fsp3) is 0.111. The first kappa shape index (κ1) is 8.59. The molecule has 3 nitrogen and oxygen atoms in total. The first-order valence-electron chi connectivity index (χ1n) is 3.97. The molecule has 68 valence electrons. The first-order valence-corrected chi connectivity index (χ1v) is 4.76. The summed E-state index contributed by atoms with van der Waals surface area (Å²) < 4.78 is 3.10. The van der Waals surface area contributed by atoms with Gasteiger partial charge < -0.3 is 9.83 Å². The summed E-state index contributed by atoms with van der Waals surface area (Å²) in [5, 5.41) is 0. The van der Waals surface area contributed by atoms with Crippen molar-refractivity contribution in [2.24, 2.45) is 5.84 Å². The highest BCUT2D eigenvalue weighted by atomic mass is 79.9. The zero-order valence-electron chi connectivity index (χ0n) is 7.21. The Labute approximate surface area is 84.6 Å². The van der Waals surface area contributed by atoms with E-state index in [0.29, 0.717) is 0 Å². The molecule has 0 saturated heterocycles. The fourth-order valence-corrected chi connectivity index (χ4v) is 1.98. The lowest BCUT2D eigenvalue weighted by molar-refractivity contribution is 1.14. The lowest BCUT2D eigenvalue weighted by Crippen LogP contribution is -2.09. The van der Waals surface area contributed by atoms with E-state index in [1.807, 2.05) is 35.7 Å². The Morgan fingerprint density at radius 2 is 2.23 bits per heavy atom. The zero-order chi connectivity index (χ0) is 9.42. The van der Waals surface area contributed by atoms with Gasteiger partial charge in [-0.15, -0.1) is 0 Å². The van der Waals surface area contributed by atoms with Crippen molar-refractivity contribution in [1.29, 1.82) is 0 Å². The highest BCUT2D eigenvalue weighted by molar-refractivity contribution is 9.10. The monoisotopic (exact) mass is 239 g/mol. The fourth-order valence-electron chi connectivity index (χ4n) is 1.47. The number of anilines is 1. The summed E-state index contributed by atoms with van der Waals surface area (Å²) in [4.78, 5) is 0. The van der Waals surface area contributed by atoms with Crippen LogP contribution in [0, 0.1) is 6.92 Å². The SMILES string of the molecule is Cc1c(Br)c2ccccn2c1NN. The third-order valence-electron chi connectivity index (χ3n) is 2.15. The average molecular weight is 240 g/mol. The van der Waals surface area contributed by atoms with E-state index in [-0.39, 0.29) is 0 Å². The minimum absolute atomic E-state index is 0.919. The molecule has 0 unspecified atom stereocenters. The number of halogens is 1. The normalized spacial score (nSPS) is 10.7. The maximum Gasteiger partial charge on any atom is 0.128 e. The van der Waals surface area contributed by atoms with Crippen LogP contribution in [0.1, 0.15) is 5.56 Å². The van der Waals surface area contributed by atoms with E-state index < -0.39 is 0 Å². The minimum Gasteiger partial charge on any atom is -0.309 e. The maximum atomic E-state index is 5.44. The molecule has 0 spiro atoms. The van der Waals surface area contributed by atoms with Crippen molar-refractivity contribution in [2.45, 2.75) is 6.92 Å². The second-order valence-corrected chi connectivity index (χ2v) is 3.68. The van der Waals surface area contributed by atoms with Gasteiger partial charge in [0.15, 0.2) is 0 Å². The Morgan fingerprint density at radius 3 is 2.92 bits per heavy atom. The largest absolute Gasteiger partial charge is 0.309 e. The quantitative estimate of drug-likeness (QED) is 0.593. The molecule has 0 atom stereocenters. The Balaban J connectivity index is 2.90. The molecule has 0 aliphatic heterocycles. The van der Waals surface area contributed by atoms with Gasteiger partial charge in [0, 0.05) is 16.2 Å². The van der Waals surface area contributed by atoms with Gasteiger partial charge in [-0.25, -0.2) is 5.84 Å². The first-order chi connectivity index (χ1) is 6.25. The molecule has 2 aromatic heterocycles. The molecule has 2 aromatic rings. The summed E-state index contributed by atoms with van der Waals surface area (Å²) in [6.45, 7) is 2.02. The minimum atomic E-state index is 0.919. The molecule has 2 heterocycles. The molecule has 0 aliphatic carbocycles. The molecule has 0 amide bonds. The van der Waals surface area contributed by atoms with Gasteiger partial charge in [0.05, 0.1) is 5.52 Å².